The minimum absolute atomic E-state index is 0. The zero-order valence-corrected chi connectivity index (χ0v) is 10.6. The van der Waals surface area contributed by atoms with Gasteiger partial charge in [0.25, 0.3) is 5.91 Å². The third-order valence-electron chi connectivity index (χ3n) is 1.37. The average Bonchev–Trinajstić information content (AvgIpc) is 2.07. The van der Waals surface area contributed by atoms with E-state index in [-0.39, 0.29) is 58.7 Å². The van der Waals surface area contributed by atoms with Gasteiger partial charge in [-0.1, -0.05) is 18.2 Å². The summed E-state index contributed by atoms with van der Waals surface area (Å²) in [6.07, 6.45) is 0. The number of rotatable bonds is 2. The number of nitrogens with one attached hydrogen (secondary N) is 1. The number of amides is 1. The molecule has 0 bridgehead atoms. The fraction of sp³-hybridized carbons (Fsp3) is 0.222. The second-order valence-electron chi connectivity index (χ2n) is 2.23. The number of benzene rings is 1. The summed E-state index contributed by atoms with van der Waals surface area (Å²) in [5.41, 5.74) is 0.717. The maximum absolute atomic E-state index is 11.1. The third kappa shape index (κ3) is 3.82. The molecule has 1 amide bonds. The maximum atomic E-state index is 11.1. The summed E-state index contributed by atoms with van der Waals surface area (Å²) in [5.74, 6) is -0.00639. The molecular weight excluding hydrogens is 177 g/mol. The van der Waals surface area contributed by atoms with Crippen LogP contribution in [0, 0.1) is 0 Å². The van der Waals surface area contributed by atoms with Gasteiger partial charge in [0.1, 0.15) is 0 Å². The first kappa shape index (κ1) is 12.3. The quantitative estimate of drug-likeness (QED) is 0.567. The molecule has 1 aromatic carbocycles. The van der Waals surface area contributed by atoms with E-state index in [9.17, 15) is 4.79 Å². The van der Waals surface area contributed by atoms with Crippen molar-refractivity contribution in [3.63, 3.8) is 0 Å². The summed E-state index contributed by atoms with van der Waals surface area (Å²) in [5, 5.41) is 2.72. The van der Waals surface area contributed by atoms with Gasteiger partial charge in [0.05, 0.1) is 0 Å². The van der Waals surface area contributed by atoms with Gasteiger partial charge in [-0.2, -0.15) is 0 Å². The van der Waals surface area contributed by atoms with Gasteiger partial charge in [0, 0.05) is 12.1 Å². The molecule has 3 heteroatoms. The third-order valence-corrected chi connectivity index (χ3v) is 1.37. The van der Waals surface area contributed by atoms with Crippen LogP contribution in [0.5, 0.6) is 0 Å². The van der Waals surface area contributed by atoms with Crippen LogP contribution in [0.4, 0.5) is 0 Å². The molecule has 2 nitrogen and oxygen atoms in total. The van der Waals surface area contributed by atoms with E-state index in [1.807, 2.05) is 25.1 Å². The van der Waals surface area contributed by atoms with Crippen LogP contribution in [0.15, 0.2) is 30.3 Å². The Bertz CT molecular complexity index is 241. The number of carbonyl (C=O) groups is 1. The number of hydrogen-bond acceptors (Lipinski definition) is 1. The molecule has 1 rings (SSSR count). The van der Waals surface area contributed by atoms with Crippen LogP contribution in [0.25, 0.3) is 0 Å². The van der Waals surface area contributed by atoms with Crippen molar-refractivity contribution in [1.82, 2.24) is 5.32 Å². The Kier molecular flexibility index (Phi) is 6.99. The van der Waals surface area contributed by atoms with Crippen LogP contribution in [-0.2, 0) is 0 Å². The normalized spacial score (nSPS) is 8.42. The van der Waals surface area contributed by atoms with Crippen molar-refractivity contribution >= 4 is 5.91 Å². The molecule has 0 aliphatic rings. The zero-order chi connectivity index (χ0) is 8.10. The van der Waals surface area contributed by atoms with Crippen molar-refractivity contribution in [3.8, 4) is 0 Å². The first-order valence-electron chi connectivity index (χ1n) is 3.68. The molecule has 0 saturated heterocycles. The number of carbonyl (C=O) groups excluding carboxylic acids is 1. The average molecular weight is 189 g/mol. The Balaban J connectivity index is 0. The minimum atomic E-state index is -0.00639. The molecule has 0 spiro atoms. The van der Waals surface area contributed by atoms with Gasteiger partial charge in [-0.25, -0.2) is 0 Å². The van der Waals surface area contributed by atoms with Crippen molar-refractivity contribution in [2.24, 2.45) is 0 Å². The molecular formula is C9H12KNO. The van der Waals surface area contributed by atoms with Gasteiger partial charge in [0.2, 0.25) is 0 Å². The molecule has 0 aromatic heterocycles. The number of hydrogen-bond donors (Lipinski definition) is 1. The Morgan fingerprint density at radius 3 is 2.50 bits per heavy atom. The molecule has 0 heterocycles. The summed E-state index contributed by atoms with van der Waals surface area (Å²) in [7, 11) is 0. The van der Waals surface area contributed by atoms with E-state index in [0.717, 1.165) is 0 Å². The second kappa shape index (κ2) is 6.80. The minimum Gasteiger partial charge on any atom is -1.00 e. The Morgan fingerprint density at radius 1 is 1.42 bits per heavy atom. The molecule has 0 saturated carbocycles. The maximum Gasteiger partial charge on any atom is 1.00 e. The van der Waals surface area contributed by atoms with Crippen LogP contribution >= 0.6 is 0 Å². The van der Waals surface area contributed by atoms with E-state index >= 15 is 0 Å². The molecule has 1 N–H and O–H groups in total. The molecule has 0 unspecified atom stereocenters. The van der Waals surface area contributed by atoms with Gasteiger partial charge < -0.3 is 6.74 Å². The molecule has 60 valence electrons. The summed E-state index contributed by atoms with van der Waals surface area (Å²) in [6.45, 7) is 2.58. The van der Waals surface area contributed by atoms with Crippen molar-refractivity contribution in [1.29, 1.82) is 0 Å². The Morgan fingerprint density at radius 2 is 2.00 bits per heavy atom. The van der Waals surface area contributed by atoms with Gasteiger partial charge in [0.15, 0.2) is 0 Å². The SMILES string of the molecule is CCNC(=O)c1ccccc1.[H-].[K+]. The van der Waals surface area contributed by atoms with Crippen molar-refractivity contribution in [2.45, 2.75) is 6.92 Å². The molecule has 12 heavy (non-hydrogen) atoms. The van der Waals surface area contributed by atoms with Crippen LogP contribution in [0.1, 0.15) is 18.7 Å². The summed E-state index contributed by atoms with van der Waals surface area (Å²) < 4.78 is 0. The van der Waals surface area contributed by atoms with Crippen LogP contribution < -0.4 is 56.7 Å². The van der Waals surface area contributed by atoms with Gasteiger partial charge in [-0.05, 0) is 19.1 Å². The summed E-state index contributed by atoms with van der Waals surface area (Å²) in [4.78, 5) is 11.1. The molecule has 0 aliphatic heterocycles. The van der Waals surface area contributed by atoms with Crippen molar-refractivity contribution in [2.75, 3.05) is 6.54 Å². The van der Waals surface area contributed by atoms with E-state index in [1.165, 1.54) is 0 Å². The van der Waals surface area contributed by atoms with Crippen LogP contribution in [-0.4, -0.2) is 12.5 Å². The first-order valence-corrected chi connectivity index (χ1v) is 3.68. The zero-order valence-electron chi connectivity index (χ0n) is 8.50. The van der Waals surface area contributed by atoms with E-state index in [1.54, 1.807) is 12.1 Å². The first-order chi connectivity index (χ1) is 5.34. The standard InChI is InChI=1S/C9H11NO.K.H/c1-2-10-9(11)8-6-4-3-5-7-8;;/h3-7H,2H2,1H3,(H,10,11);;/q;+1;-1. The largest absolute Gasteiger partial charge is 1.00 e. The molecule has 0 fully saturated rings. The second-order valence-corrected chi connectivity index (χ2v) is 2.23. The predicted octanol–water partition coefficient (Wildman–Crippen LogP) is -1.45. The Hall–Kier alpha value is 0.326. The molecule has 0 atom stereocenters. The monoisotopic (exact) mass is 189 g/mol. The topological polar surface area (TPSA) is 29.1 Å². The molecule has 0 aliphatic carbocycles. The van der Waals surface area contributed by atoms with E-state index in [0.29, 0.717) is 12.1 Å². The smallest absolute Gasteiger partial charge is 1.00 e. The van der Waals surface area contributed by atoms with Crippen LogP contribution in [0.2, 0.25) is 0 Å². The van der Waals surface area contributed by atoms with E-state index < -0.39 is 0 Å². The molecule has 1 aromatic rings. The predicted molar refractivity (Wildman–Crippen MR) is 45.6 cm³/mol. The van der Waals surface area contributed by atoms with Gasteiger partial charge in [-0.3, -0.25) is 4.79 Å². The van der Waals surface area contributed by atoms with Gasteiger partial charge in [-0.15, -0.1) is 0 Å². The fourth-order valence-electron chi connectivity index (χ4n) is 0.852. The van der Waals surface area contributed by atoms with Crippen molar-refractivity contribution < 1.29 is 57.6 Å². The summed E-state index contributed by atoms with van der Waals surface area (Å²) in [6, 6.07) is 9.19. The van der Waals surface area contributed by atoms with E-state index in [2.05, 4.69) is 5.32 Å². The van der Waals surface area contributed by atoms with Crippen molar-refractivity contribution in [3.05, 3.63) is 35.9 Å². The Labute approximate surface area is 117 Å². The van der Waals surface area contributed by atoms with E-state index in [4.69, 9.17) is 0 Å². The summed E-state index contributed by atoms with van der Waals surface area (Å²) >= 11 is 0. The van der Waals surface area contributed by atoms with Crippen LogP contribution in [0.3, 0.4) is 0 Å². The fourth-order valence-corrected chi connectivity index (χ4v) is 0.852. The van der Waals surface area contributed by atoms with Gasteiger partial charge >= 0.3 is 51.4 Å². The molecule has 0 radical (unpaired) electrons.